The number of aromatic nitrogens is 2. The first kappa shape index (κ1) is 12.1. The smallest absolute Gasteiger partial charge is 0.239 e. The van der Waals surface area contributed by atoms with Crippen molar-refractivity contribution in [3.05, 3.63) is 11.8 Å². The lowest BCUT2D eigenvalue weighted by atomic mass is 9.94. The van der Waals surface area contributed by atoms with Crippen molar-refractivity contribution in [2.24, 2.45) is 5.84 Å². The van der Waals surface area contributed by atoms with E-state index in [0.717, 1.165) is 37.3 Å². The highest BCUT2D eigenvalue weighted by atomic mass is 16.3. The van der Waals surface area contributed by atoms with E-state index in [1.165, 1.54) is 0 Å². The van der Waals surface area contributed by atoms with E-state index >= 15 is 0 Å². The summed E-state index contributed by atoms with van der Waals surface area (Å²) in [4.78, 5) is 10.6. The van der Waals surface area contributed by atoms with Gasteiger partial charge in [-0.1, -0.05) is 0 Å². The molecule has 0 aliphatic carbocycles. The fraction of sp³-hybridized carbons (Fsp3) is 0.636. The highest BCUT2D eigenvalue weighted by molar-refractivity contribution is 5.49. The highest BCUT2D eigenvalue weighted by Gasteiger charge is 2.28. The lowest BCUT2D eigenvalue weighted by Crippen LogP contribution is -2.43. The Morgan fingerprint density at radius 3 is 2.71 bits per heavy atom. The van der Waals surface area contributed by atoms with Gasteiger partial charge in [-0.25, -0.2) is 10.8 Å². The molecule has 4 N–H and O–H groups in total. The molecule has 0 spiro atoms. The summed E-state index contributed by atoms with van der Waals surface area (Å²) in [5.41, 5.74) is 2.92. The van der Waals surface area contributed by atoms with Gasteiger partial charge >= 0.3 is 0 Å². The van der Waals surface area contributed by atoms with Crippen LogP contribution in [0.15, 0.2) is 6.20 Å². The molecule has 1 aromatic rings. The number of hydrazine groups is 1. The lowest BCUT2D eigenvalue weighted by molar-refractivity contribution is 0.0350. The van der Waals surface area contributed by atoms with Gasteiger partial charge in [-0.2, -0.15) is 4.98 Å². The molecule has 1 aliphatic heterocycles. The lowest BCUT2D eigenvalue weighted by Gasteiger charge is -2.37. The third-order valence-electron chi connectivity index (χ3n) is 3.21. The van der Waals surface area contributed by atoms with E-state index < -0.39 is 5.60 Å². The largest absolute Gasteiger partial charge is 0.390 e. The number of hydrogen-bond acceptors (Lipinski definition) is 6. The molecule has 94 valence electrons. The Kier molecular flexibility index (Phi) is 3.17. The Hall–Kier alpha value is -1.40. The van der Waals surface area contributed by atoms with E-state index in [-0.39, 0.29) is 0 Å². The minimum atomic E-state index is -0.549. The molecule has 0 bridgehead atoms. The van der Waals surface area contributed by atoms with Gasteiger partial charge in [0.25, 0.3) is 0 Å². The maximum Gasteiger partial charge on any atom is 0.239 e. The molecule has 1 aromatic heterocycles. The number of nitrogen functional groups attached to an aromatic ring is 1. The van der Waals surface area contributed by atoms with E-state index in [0.29, 0.717) is 5.95 Å². The number of nitrogens with two attached hydrogens (primary N) is 1. The molecule has 0 amide bonds. The Bertz CT molecular complexity index is 397. The second-order valence-electron chi connectivity index (χ2n) is 4.83. The van der Waals surface area contributed by atoms with Crippen molar-refractivity contribution in [2.45, 2.75) is 32.3 Å². The molecule has 0 unspecified atom stereocenters. The van der Waals surface area contributed by atoms with Gasteiger partial charge in [0, 0.05) is 24.8 Å². The van der Waals surface area contributed by atoms with E-state index in [4.69, 9.17) is 5.84 Å². The Balaban J connectivity index is 2.17. The van der Waals surface area contributed by atoms with Gasteiger partial charge in [0.1, 0.15) is 5.82 Å². The molecule has 1 aliphatic rings. The molecule has 1 saturated heterocycles. The second-order valence-corrected chi connectivity index (χ2v) is 4.83. The second kappa shape index (κ2) is 4.46. The molecule has 1 fully saturated rings. The number of nitrogens with one attached hydrogen (secondary N) is 1. The highest BCUT2D eigenvalue weighted by Crippen LogP contribution is 2.26. The summed E-state index contributed by atoms with van der Waals surface area (Å²) in [6.07, 6.45) is 3.26. The van der Waals surface area contributed by atoms with Crippen molar-refractivity contribution in [1.82, 2.24) is 9.97 Å². The van der Waals surface area contributed by atoms with Crippen LogP contribution < -0.4 is 16.2 Å². The number of anilines is 2. The molecule has 6 heteroatoms. The van der Waals surface area contributed by atoms with Crippen molar-refractivity contribution >= 4 is 11.8 Å². The van der Waals surface area contributed by atoms with Crippen LogP contribution in [0.5, 0.6) is 0 Å². The average molecular weight is 237 g/mol. The zero-order chi connectivity index (χ0) is 12.5. The molecule has 0 radical (unpaired) electrons. The van der Waals surface area contributed by atoms with Crippen molar-refractivity contribution in [2.75, 3.05) is 23.4 Å². The van der Waals surface area contributed by atoms with Gasteiger partial charge in [-0.3, -0.25) is 5.43 Å². The zero-order valence-electron chi connectivity index (χ0n) is 10.3. The number of rotatable bonds is 2. The van der Waals surface area contributed by atoms with Crippen LogP contribution in [0.25, 0.3) is 0 Å². The molecular weight excluding hydrogens is 218 g/mol. The van der Waals surface area contributed by atoms with Gasteiger partial charge in [-0.05, 0) is 26.7 Å². The molecule has 0 atom stereocenters. The number of hydrogen-bond donors (Lipinski definition) is 3. The van der Waals surface area contributed by atoms with Crippen molar-refractivity contribution < 1.29 is 5.11 Å². The summed E-state index contributed by atoms with van der Waals surface area (Å²) in [5.74, 6) is 6.62. The van der Waals surface area contributed by atoms with Gasteiger partial charge < -0.3 is 10.0 Å². The summed E-state index contributed by atoms with van der Waals surface area (Å²) < 4.78 is 0. The molecule has 0 saturated carbocycles. The molecule has 6 nitrogen and oxygen atoms in total. The van der Waals surface area contributed by atoms with E-state index in [1.54, 1.807) is 6.20 Å². The topological polar surface area (TPSA) is 87.3 Å². The first-order chi connectivity index (χ1) is 8.02. The molecule has 0 aromatic carbocycles. The molecule has 2 rings (SSSR count). The minimum absolute atomic E-state index is 0.419. The number of aliphatic hydroxyl groups is 1. The quantitative estimate of drug-likeness (QED) is 0.510. The normalized spacial score (nSPS) is 19.2. The van der Waals surface area contributed by atoms with Gasteiger partial charge in [-0.15, -0.1) is 0 Å². The minimum Gasteiger partial charge on any atom is -0.390 e. The Morgan fingerprint density at radius 2 is 2.12 bits per heavy atom. The summed E-state index contributed by atoms with van der Waals surface area (Å²) >= 11 is 0. The van der Waals surface area contributed by atoms with Crippen molar-refractivity contribution in [3.8, 4) is 0 Å². The predicted molar refractivity (Wildman–Crippen MR) is 66.6 cm³/mol. The number of aryl methyl sites for hydroxylation is 1. The average Bonchev–Trinajstić information content (AvgIpc) is 2.30. The van der Waals surface area contributed by atoms with Crippen LogP contribution in [0, 0.1) is 6.92 Å². The number of nitrogens with zero attached hydrogens (tertiary/aromatic N) is 3. The fourth-order valence-corrected chi connectivity index (χ4v) is 2.02. The van der Waals surface area contributed by atoms with Gasteiger partial charge in [0.15, 0.2) is 0 Å². The fourth-order valence-electron chi connectivity index (χ4n) is 2.02. The third kappa shape index (κ3) is 2.65. The SMILES string of the molecule is Cc1cnc(NN)nc1N1CCC(C)(O)CC1. The Labute approximate surface area is 101 Å². The first-order valence-electron chi connectivity index (χ1n) is 5.79. The van der Waals surface area contributed by atoms with Gasteiger partial charge in [0.05, 0.1) is 5.60 Å². The maximum absolute atomic E-state index is 9.92. The Morgan fingerprint density at radius 1 is 1.47 bits per heavy atom. The molecule has 17 heavy (non-hydrogen) atoms. The monoisotopic (exact) mass is 237 g/mol. The van der Waals surface area contributed by atoms with Crippen LogP contribution in [-0.4, -0.2) is 33.8 Å². The van der Waals surface area contributed by atoms with Gasteiger partial charge in [0.2, 0.25) is 5.95 Å². The first-order valence-corrected chi connectivity index (χ1v) is 5.79. The standard InChI is InChI=1S/C11H19N5O/c1-8-7-13-10(15-12)14-9(8)16-5-3-11(2,17)4-6-16/h7,17H,3-6,12H2,1-2H3,(H,13,14,15). The number of piperidine rings is 1. The maximum atomic E-state index is 9.92. The summed E-state index contributed by atoms with van der Waals surface area (Å²) in [5, 5.41) is 9.92. The zero-order valence-corrected chi connectivity index (χ0v) is 10.3. The van der Waals surface area contributed by atoms with Crippen LogP contribution >= 0.6 is 0 Å². The van der Waals surface area contributed by atoms with Crippen LogP contribution in [0.1, 0.15) is 25.3 Å². The van der Waals surface area contributed by atoms with Crippen LogP contribution in [0.2, 0.25) is 0 Å². The predicted octanol–water partition coefficient (Wildman–Crippen LogP) is 0.422. The molecule has 2 heterocycles. The summed E-state index contributed by atoms with van der Waals surface area (Å²) in [6.45, 7) is 5.45. The van der Waals surface area contributed by atoms with Crippen molar-refractivity contribution in [3.63, 3.8) is 0 Å². The summed E-state index contributed by atoms with van der Waals surface area (Å²) in [6, 6.07) is 0. The third-order valence-corrected chi connectivity index (χ3v) is 3.21. The van der Waals surface area contributed by atoms with E-state index in [1.807, 2.05) is 13.8 Å². The van der Waals surface area contributed by atoms with Crippen LogP contribution in [0.4, 0.5) is 11.8 Å². The van der Waals surface area contributed by atoms with Crippen LogP contribution in [0.3, 0.4) is 0 Å². The van der Waals surface area contributed by atoms with Crippen LogP contribution in [-0.2, 0) is 0 Å². The van der Waals surface area contributed by atoms with E-state index in [2.05, 4.69) is 20.3 Å². The van der Waals surface area contributed by atoms with Crippen molar-refractivity contribution in [1.29, 1.82) is 0 Å². The summed E-state index contributed by atoms with van der Waals surface area (Å²) in [7, 11) is 0. The van der Waals surface area contributed by atoms with E-state index in [9.17, 15) is 5.11 Å². The molecular formula is C11H19N5O.